The Balaban J connectivity index is 1.51. The fourth-order valence-corrected chi connectivity index (χ4v) is 4.53. The van der Waals surface area contributed by atoms with Crippen LogP contribution in [0.15, 0.2) is 54.6 Å². The molecule has 0 bridgehead atoms. The van der Waals surface area contributed by atoms with E-state index < -0.39 is 11.7 Å². The maximum atomic E-state index is 13.1. The number of nitrogens with zero attached hydrogens (tertiary/aromatic N) is 3. The molecule has 2 aromatic carbocycles. The first-order chi connectivity index (χ1) is 16.4. The van der Waals surface area contributed by atoms with E-state index in [0.717, 1.165) is 29.1 Å². The number of pyridine rings is 1. The van der Waals surface area contributed by atoms with Gasteiger partial charge in [-0.1, -0.05) is 24.3 Å². The molecule has 9 heteroatoms. The number of benzene rings is 2. The highest BCUT2D eigenvalue weighted by Gasteiger charge is 2.31. The summed E-state index contributed by atoms with van der Waals surface area (Å²) in [6.45, 7) is 2.92. The van der Waals surface area contributed by atoms with E-state index in [1.807, 2.05) is 41.5 Å². The maximum Gasteiger partial charge on any atom is 0.416 e. The van der Waals surface area contributed by atoms with Gasteiger partial charge in [-0.3, -0.25) is 4.79 Å². The van der Waals surface area contributed by atoms with Crippen LogP contribution in [0.4, 0.5) is 24.7 Å². The molecule has 5 nitrogen and oxygen atoms in total. The lowest BCUT2D eigenvalue weighted by Gasteiger charge is -2.37. The molecule has 0 spiro atoms. The molecule has 1 aromatic heterocycles. The van der Waals surface area contributed by atoms with Crippen LogP contribution < -0.4 is 15.1 Å². The molecule has 0 radical (unpaired) electrons. The second-order valence-electron chi connectivity index (χ2n) is 8.17. The Morgan fingerprint density at radius 3 is 2.50 bits per heavy atom. The highest BCUT2D eigenvalue weighted by atomic mass is 32.2. The van der Waals surface area contributed by atoms with Crippen molar-refractivity contribution in [2.75, 3.05) is 54.5 Å². The number of para-hydroxylation sites is 1. The Hall–Kier alpha value is -2.94. The zero-order valence-corrected chi connectivity index (χ0v) is 19.8. The number of anilines is 2. The number of fused-ring (bicyclic) bond motifs is 1. The van der Waals surface area contributed by atoms with Crippen molar-refractivity contribution < 1.29 is 18.0 Å². The monoisotopic (exact) mass is 488 g/mol. The van der Waals surface area contributed by atoms with Crippen LogP contribution in [0.5, 0.6) is 0 Å². The van der Waals surface area contributed by atoms with E-state index in [4.69, 9.17) is 4.98 Å². The average Bonchev–Trinajstić information content (AvgIpc) is 2.85. The van der Waals surface area contributed by atoms with Gasteiger partial charge in [0.05, 0.1) is 16.6 Å². The first-order valence-electron chi connectivity index (χ1n) is 11.2. The first kappa shape index (κ1) is 24.2. The van der Waals surface area contributed by atoms with Crippen molar-refractivity contribution in [1.82, 2.24) is 10.3 Å². The van der Waals surface area contributed by atoms with Gasteiger partial charge in [0, 0.05) is 43.8 Å². The SMILES string of the molecule is CSCCCNC(=O)c1cc(N2CCN(c3cccc(C(F)(F)F)c3)CC2)nc2ccccc12. The zero-order chi connectivity index (χ0) is 24.1. The van der Waals surface area contributed by atoms with Gasteiger partial charge >= 0.3 is 6.18 Å². The average molecular weight is 489 g/mol. The number of rotatable bonds is 7. The number of amides is 1. The van der Waals surface area contributed by atoms with E-state index in [-0.39, 0.29) is 5.91 Å². The maximum absolute atomic E-state index is 13.1. The van der Waals surface area contributed by atoms with Crippen LogP contribution in [-0.4, -0.2) is 55.6 Å². The number of aromatic nitrogens is 1. The third kappa shape index (κ3) is 5.58. The summed E-state index contributed by atoms with van der Waals surface area (Å²) < 4.78 is 39.3. The highest BCUT2D eigenvalue weighted by Crippen LogP contribution is 2.32. The topological polar surface area (TPSA) is 48.5 Å². The van der Waals surface area contributed by atoms with Crippen LogP contribution in [0.2, 0.25) is 0 Å². The van der Waals surface area contributed by atoms with Crippen LogP contribution in [0.1, 0.15) is 22.3 Å². The molecule has 1 N–H and O–H groups in total. The van der Waals surface area contributed by atoms with E-state index in [1.165, 1.54) is 12.1 Å². The third-order valence-corrected chi connectivity index (χ3v) is 6.60. The van der Waals surface area contributed by atoms with E-state index in [2.05, 4.69) is 10.2 Å². The summed E-state index contributed by atoms with van der Waals surface area (Å²) in [6, 6.07) is 14.8. The minimum absolute atomic E-state index is 0.122. The summed E-state index contributed by atoms with van der Waals surface area (Å²) in [5, 5.41) is 3.81. The fourth-order valence-electron chi connectivity index (χ4n) is 4.10. The fraction of sp³-hybridized carbons (Fsp3) is 0.360. The van der Waals surface area contributed by atoms with Gasteiger partial charge in [-0.05, 0) is 48.8 Å². The summed E-state index contributed by atoms with van der Waals surface area (Å²) in [7, 11) is 0. The number of hydrogen-bond acceptors (Lipinski definition) is 5. The van der Waals surface area contributed by atoms with Crippen molar-refractivity contribution in [2.24, 2.45) is 0 Å². The lowest BCUT2D eigenvalue weighted by atomic mass is 10.1. The largest absolute Gasteiger partial charge is 0.416 e. The molecule has 3 aromatic rings. The molecule has 1 aliphatic heterocycles. The van der Waals surface area contributed by atoms with E-state index in [0.29, 0.717) is 49.8 Å². The number of thioether (sulfide) groups is 1. The quantitative estimate of drug-likeness (QED) is 0.471. The van der Waals surface area contributed by atoms with Gasteiger partial charge in [-0.25, -0.2) is 4.98 Å². The third-order valence-electron chi connectivity index (χ3n) is 5.90. The molecule has 0 saturated carbocycles. The number of halogens is 3. The summed E-state index contributed by atoms with van der Waals surface area (Å²) in [5.74, 6) is 1.57. The molecule has 0 atom stereocenters. The van der Waals surface area contributed by atoms with Gasteiger partial charge < -0.3 is 15.1 Å². The van der Waals surface area contributed by atoms with Gasteiger partial charge in [0.1, 0.15) is 5.82 Å². The van der Waals surface area contributed by atoms with Gasteiger partial charge in [0.2, 0.25) is 0 Å². The summed E-state index contributed by atoms with van der Waals surface area (Å²) in [6.07, 6.45) is -1.42. The van der Waals surface area contributed by atoms with Crippen molar-refractivity contribution in [1.29, 1.82) is 0 Å². The van der Waals surface area contributed by atoms with Gasteiger partial charge in [-0.15, -0.1) is 0 Å². The Labute approximate surface area is 201 Å². The predicted molar refractivity (Wildman–Crippen MR) is 133 cm³/mol. The van der Waals surface area contributed by atoms with Crippen molar-refractivity contribution in [2.45, 2.75) is 12.6 Å². The molecule has 1 aliphatic rings. The van der Waals surface area contributed by atoms with E-state index >= 15 is 0 Å². The van der Waals surface area contributed by atoms with Gasteiger partial charge in [0.25, 0.3) is 5.91 Å². The second kappa shape index (κ2) is 10.5. The summed E-state index contributed by atoms with van der Waals surface area (Å²) >= 11 is 1.75. The Bertz CT molecular complexity index is 1150. The lowest BCUT2D eigenvalue weighted by molar-refractivity contribution is -0.137. The van der Waals surface area contributed by atoms with Gasteiger partial charge in [0.15, 0.2) is 0 Å². The lowest BCUT2D eigenvalue weighted by Crippen LogP contribution is -2.47. The standard InChI is InChI=1S/C25H27F3N4OS/c1-34-15-5-10-29-24(33)21-17-23(30-22-9-3-2-8-20(21)22)32-13-11-31(12-14-32)19-7-4-6-18(16-19)25(26,27)28/h2-4,6-9,16-17H,5,10-15H2,1H3,(H,29,33). The Kier molecular flexibility index (Phi) is 7.50. The number of piperazine rings is 1. The van der Waals surface area contributed by atoms with Crippen molar-refractivity contribution in [3.05, 3.63) is 65.7 Å². The van der Waals surface area contributed by atoms with Crippen LogP contribution in [0.3, 0.4) is 0 Å². The summed E-state index contributed by atoms with van der Waals surface area (Å²) in [4.78, 5) is 21.7. The molecule has 0 unspecified atom stereocenters. The Morgan fingerprint density at radius 2 is 1.76 bits per heavy atom. The van der Waals surface area contributed by atoms with Crippen molar-refractivity contribution in [3.63, 3.8) is 0 Å². The number of nitrogens with one attached hydrogen (secondary N) is 1. The molecule has 1 fully saturated rings. The van der Waals surface area contributed by atoms with Crippen LogP contribution in [0.25, 0.3) is 10.9 Å². The van der Waals surface area contributed by atoms with E-state index in [9.17, 15) is 18.0 Å². The van der Waals surface area contributed by atoms with Crippen molar-refractivity contribution >= 4 is 40.1 Å². The number of carbonyl (C=O) groups excluding carboxylic acids is 1. The number of carbonyl (C=O) groups is 1. The first-order valence-corrected chi connectivity index (χ1v) is 12.6. The Morgan fingerprint density at radius 1 is 1.03 bits per heavy atom. The van der Waals surface area contributed by atoms with E-state index in [1.54, 1.807) is 17.8 Å². The molecule has 1 saturated heterocycles. The van der Waals surface area contributed by atoms with Crippen LogP contribution >= 0.6 is 11.8 Å². The van der Waals surface area contributed by atoms with Crippen LogP contribution in [-0.2, 0) is 6.18 Å². The number of alkyl halides is 3. The minimum Gasteiger partial charge on any atom is -0.368 e. The molecule has 4 rings (SSSR count). The molecule has 34 heavy (non-hydrogen) atoms. The van der Waals surface area contributed by atoms with Crippen LogP contribution in [0, 0.1) is 0 Å². The highest BCUT2D eigenvalue weighted by molar-refractivity contribution is 7.98. The number of hydrogen-bond donors (Lipinski definition) is 1. The predicted octanol–water partition coefficient (Wildman–Crippen LogP) is 5.06. The van der Waals surface area contributed by atoms with Crippen molar-refractivity contribution in [3.8, 4) is 0 Å². The molecule has 1 amide bonds. The normalized spacial score (nSPS) is 14.5. The smallest absolute Gasteiger partial charge is 0.368 e. The minimum atomic E-state index is -4.36. The molecule has 0 aliphatic carbocycles. The second-order valence-corrected chi connectivity index (χ2v) is 9.16. The molecular weight excluding hydrogens is 461 g/mol. The molecule has 2 heterocycles. The zero-order valence-electron chi connectivity index (χ0n) is 18.9. The molecular formula is C25H27F3N4OS. The summed E-state index contributed by atoms with van der Waals surface area (Å²) in [5.41, 5.74) is 1.25. The van der Waals surface area contributed by atoms with Gasteiger partial charge in [-0.2, -0.15) is 24.9 Å². The molecule has 180 valence electrons.